The zero-order valence-electron chi connectivity index (χ0n) is 7.56. The average molecular weight is 149 g/mol. The molecule has 1 unspecified atom stereocenters. The third kappa shape index (κ3) is 3.89. The lowest BCUT2D eigenvalue weighted by atomic mass is 9.95. The highest BCUT2D eigenvalue weighted by Gasteiger charge is 2.08. The number of hydrogen-bond donors (Lipinski definition) is 1. The Labute approximate surface area is 69.5 Å². The molecule has 0 aliphatic rings. The van der Waals surface area contributed by atoms with E-state index in [-0.39, 0.29) is 4.28 Å². The van der Waals surface area contributed by atoms with Crippen molar-refractivity contribution in [2.24, 2.45) is 11.7 Å². The van der Waals surface area contributed by atoms with Crippen molar-refractivity contribution >= 4 is 0 Å². The molecule has 0 saturated carbocycles. The van der Waals surface area contributed by atoms with E-state index in [4.69, 9.17) is 5.73 Å². The summed E-state index contributed by atoms with van der Waals surface area (Å²) in [6.07, 6.45) is 5.03. The molecule has 1 heteroatoms. The van der Waals surface area contributed by atoms with Crippen molar-refractivity contribution in [2.75, 3.05) is 0 Å². The summed E-state index contributed by atoms with van der Waals surface area (Å²) in [4.78, 5) is 0. The van der Waals surface area contributed by atoms with Crippen LogP contribution in [0.25, 0.3) is 0 Å². The zero-order chi connectivity index (χ0) is 7.98. The van der Waals surface area contributed by atoms with Crippen molar-refractivity contribution in [2.45, 2.75) is 52.5 Å². The molecule has 68 valence electrons. The first-order valence-corrected chi connectivity index (χ1v) is 4.47. The van der Waals surface area contributed by atoms with Crippen molar-refractivity contribution in [3.8, 4) is 0 Å². The van der Waals surface area contributed by atoms with Gasteiger partial charge >= 0.3 is 0 Å². The number of rotatable bonds is 5. The van der Waals surface area contributed by atoms with E-state index in [0.29, 0.717) is 12.0 Å². The quantitative estimate of drug-likeness (QED) is 0.638. The summed E-state index contributed by atoms with van der Waals surface area (Å²) < 4.78 is 0. The van der Waals surface area contributed by atoms with Crippen LogP contribution in [-0.2, 0) is 0 Å². The highest BCUT2D eigenvalue weighted by atomic mass is 14.6. The lowest BCUT2D eigenvalue weighted by Crippen LogP contribution is -2.26. The summed E-state index contributed by atoms with van der Waals surface area (Å²) in [5.41, 5.74) is 5.86. The Morgan fingerprint density at radius 3 is 2.40 bits per heavy atom. The van der Waals surface area contributed by atoms with Gasteiger partial charge in [0.05, 0.1) is 0 Å². The van der Waals surface area contributed by atoms with Crippen LogP contribution in [0.3, 0.4) is 0 Å². The normalized spacial score (nSPS) is 16.8. The first kappa shape index (κ1) is 9.96. The van der Waals surface area contributed by atoms with Crippen LogP contribution in [0.1, 0.15) is 50.7 Å². The predicted octanol–water partition coefficient (Wildman–Crippen LogP) is 3.29. The van der Waals surface area contributed by atoms with Crippen LogP contribution < -0.4 is 5.73 Å². The maximum Gasteiger partial charge on any atom is 0.00619 e. The van der Waals surface area contributed by atoms with Gasteiger partial charge in [0, 0.05) is 10.3 Å². The summed E-state index contributed by atoms with van der Waals surface area (Å²) in [6.45, 7) is 6.64. The van der Waals surface area contributed by atoms with Crippen LogP contribution in [-0.4, -0.2) is 6.04 Å². The van der Waals surface area contributed by atoms with E-state index in [1.165, 1.54) is 19.3 Å². The Morgan fingerprint density at radius 2 is 2.00 bits per heavy atom. The highest BCUT2D eigenvalue weighted by molar-refractivity contribution is 4.66. The minimum absolute atomic E-state index is 0. The van der Waals surface area contributed by atoms with Crippen molar-refractivity contribution in [1.29, 1.82) is 0 Å². The second-order valence-electron chi connectivity index (χ2n) is 3.19. The molecule has 10 heavy (non-hydrogen) atoms. The van der Waals surface area contributed by atoms with E-state index in [9.17, 15) is 0 Å². The maximum atomic E-state index is 5.86. The van der Waals surface area contributed by atoms with Gasteiger partial charge in [0.25, 0.3) is 0 Å². The molecule has 0 rings (SSSR count). The average Bonchev–Trinajstić information content (AvgIpc) is 1.98. The predicted molar refractivity (Wildman–Crippen MR) is 53.3 cm³/mol. The first-order chi connectivity index (χ1) is 4.72. The topological polar surface area (TPSA) is 26.0 Å². The Morgan fingerprint density at radius 1 is 1.40 bits per heavy atom. The van der Waals surface area contributed by atoms with Gasteiger partial charge in [-0.05, 0) is 18.8 Å². The first-order valence-electron chi connectivity index (χ1n) is 4.47. The van der Waals surface area contributed by atoms with Gasteiger partial charge < -0.3 is 5.73 Å². The molecule has 0 aromatic rings. The highest BCUT2D eigenvalue weighted by Crippen LogP contribution is 2.12. The van der Waals surface area contributed by atoms with Gasteiger partial charge in [-0.3, -0.25) is 0 Å². The molecule has 0 radical (unpaired) electrons. The van der Waals surface area contributed by atoms with Crippen LogP contribution in [0.15, 0.2) is 0 Å². The maximum absolute atomic E-state index is 5.86. The zero-order valence-corrected chi connectivity index (χ0v) is 7.56. The fraction of sp³-hybridized carbons (Fsp3) is 1.00. The lowest BCUT2D eigenvalue weighted by molar-refractivity contribution is 0.404. The largest absolute Gasteiger partial charge is 0.327 e. The van der Waals surface area contributed by atoms with E-state index < -0.39 is 0 Å². The molecule has 0 spiro atoms. The van der Waals surface area contributed by atoms with Crippen LogP contribution in [0.2, 0.25) is 0 Å². The SMILES string of the molecule is CCCCC(C)[C@@H](N)CC.[HH].[HH].[HH]. The van der Waals surface area contributed by atoms with Gasteiger partial charge in [0.1, 0.15) is 0 Å². The second kappa shape index (κ2) is 5.72. The van der Waals surface area contributed by atoms with Gasteiger partial charge in [0.2, 0.25) is 0 Å². The lowest BCUT2D eigenvalue weighted by Gasteiger charge is -2.17. The summed E-state index contributed by atoms with van der Waals surface area (Å²) in [7, 11) is 0. The summed E-state index contributed by atoms with van der Waals surface area (Å²) in [5, 5.41) is 0. The third-order valence-electron chi connectivity index (χ3n) is 2.22. The van der Waals surface area contributed by atoms with Crippen LogP contribution in [0, 0.1) is 5.92 Å². The molecular weight excluding hydrogens is 122 g/mol. The van der Waals surface area contributed by atoms with E-state index >= 15 is 0 Å². The van der Waals surface area contributed by atoms with Gasteiger partial charge in [-0.25, -0.2) is 0 Å². The Hall–Kier alpha value is -0.0400. The number of nitrogens with two attached hydrogens (primary N) is 1. The number of unbranched alkanes of at least 4 members (excludes halogenated alkanes) is 1. The molecule has 0 bridgehead atoms. The summed E-state index contributed by atoms with van der Waals surface area (Å²) >= 11 is 0. The van der Waals surface area contributed by atoms with E-state index in [1.54, 1.807) is 0 Å². The third-order valence-corrected chi connectivity index (χ3v) is 2.22. The van der Waals surface area contributed by atoms with Crippen LogP contribution >= 0.6 is 0 Å². The number of hydrogen-bond acceptors (Lipinski definition) is 1. The van der Waals surface area contributed by atoms with Gasteiger partial charge in [-0.2, -0.15) is 0 Å². The van der Waals surface area contributed by atoms with Crippen molar-refractivity contribution in [1.82, 2.24) is 0 Å². The van der Waals surface area contributed by atoms with E-state index in [0.717, 1.165) is 6.42 Å². The van der Waals surface area contributed by atoms with Crippen LogP contribution in [0.5, 0.6) is 0 Å². The molecule has 0 saturated heterocycles. The molecule has 1 nitrogen and oxygen atoms in total. The Kier molecular flexibility index (Phi) is 5.70. The van der Waals surface area contributed by atoms with Gasteiger partial charge in [0.15, 0.2) is 0 Å². The van der Waals surface area contributed by atoms with Crippen molar-refractivity contribution in [3.63, 3.8) is 0 Å². The molecule has 0 aliphatic heterocycles. The molecule has 0 aromatic heterocycles. The molecule has 0 heterocycles. The summed E-state index contributed by atoms with van der Waals surface area (Å²) in [6, 6.07) is 0.423. The molecular formula is C9H27N. The molecule has 2 atom stereocenters. The standard InChI is InChI=1S/C9H21N.3H2/c1-4-6-7-8(3)9(10)5-2;;;/h8-9H,4-7,10H2,1-3H3;3*1H/t8?,9-;;;/m0.../s1. The van der Waals surface area contributed by atoms with Gasteiger partial charge in [-0.1, -0.05) is 33.6 Å². The minimum Gasteiger partial charge on any atom is -0.327 e. The second-order valence-corrected chi connectivity index (χ2v) is 3.19. The van der Waals surface area contributed by atoms with Crippen LogP contribution in [0.4, 0.5) is 0 Å². The molecule has 0 fully saturated rings. The molecule has 0 aromatic carbocycles. The Bertz CT molecular complexity index is 81.3. The Balaban J connectivity index is -0.000000135. The summed E-state index contributed by atoms with van der Waals surface area (Å²) in [5.74, 6) is 0.713. The molecule has 0 amide bonds. The monoisotopic (exact) mass is 149 g/mol. The minimum atomic E-state index is 0. The molecule has 2 N–H and O–H groups in total. The molecule has 0 aliphatic carbocycles. The smallest absolute Gasteiger partial charge is 0.00619 e. The van der Waals surface area contributed by atoms with Crippen molar-refractivity contribution in [3.05, 3.63) is 0 Å². The fourth-order valence-electron chi connectivity index (χ4n) is 1.14. The van der Waals surface area contributed by atoms with E-state index in [1.807, 2.05) is 0 Å². The fourth-order valence-corrected chi connectivity index (χ4v) is 1.14. The van der Waals surface area contributed by atoms with Crippen molar-refractivity contribution < 1.29 is 4.28 Å². The van der Waals surface area contributed by atoms with Gasteiger partial charge in [-0.15, -0.1) is 0 Å². The van der Waals surface area contributed by atoms with E-state index in [2.05, 4.69) is 20.8 Å².